The lowest BCUT2D eigenvalue weighted by Crippen LogP contribution is -2.32. The topological polar surface area (TPSA) is 76.4 Å². The molecule has 21 heavy (non-hydrogen) atoms. The number of non-ortho nitro benzene ring substituents is 1. The smallest absolute Gasteiger partial charge is 0.269 e. The third-order valence-corrected chi connectivity index (χ3v) is 3.70. The van der Waals surface area contributed by atoms with Gasteiger partial charge < -0.3 is 15.4 Å². The van der Waals surface area contributed by atoms with Gasteiger partial charge in [-0.3, -0.25) is 10.1 Å². The molecule has 0 bridgehead atoms. The van der Waals surface area contributed by atoms with E-state index >= 15 is 0 Å². The molecule has 1 aliphatic rings. The first-order valence-corrected chi connectivity index (χ1v) is 7.48. The first-order chi connectivity index (χ1) is 10.2. The fourth-order valence-corrected chi connectivity index (χ4v) is 2.47. The van der Waals surface area contributed by atoms with Gasteiger partial charge >= 0.3 is 0 Å². The van der Waals surface area contributed by atoms with E-state index in [9.17, 15) is 10.1 Å². The quantitative estimate of drug-likeness (QED) is 0.459. The summed E-state index contributed by atoms with van der Waals surface area (Å²) in [6, 6.07) is 4.88. The van der Waals surface area contributed by atoms with Gasteiger partial charge in [0, 0.05) is 31.0 Å². The van der Waals surface area contributed by atoms with Crippen LogP contribution in [0.15, 0.2) is 18.2 Å². The molecule has 1 aromatic carbocycles. The number of nitrogens with one attached hydrogen (secondary N) is 2. The lowest BCUT2D eigenvalue weighted by atomic mass is 10.1. The number of hydrogen-bond donors (Lipinski definition) is 2. The zero-order valence-corrected chi connectivity index (χ0v) is 12.4. The molecule has 0 radical (unpaired) electrons. The average Bonchev–Trinajstić information content (AvgIpc) is 2.49. The second-order valence-corrected chi connectivity index (χ2v) is 5.36. The molecule has 1 fully saturated rings. The molecule has 6 heteroatoms. The number of nitrogens with zero attached hydrogens (tertiary/aromatic N) is 1. The molecule has 0 saturated carbocycles. The molecule has 1 aliphatic heterocycles. The molecule has 0 unspecified atom stereocenters. The first-order valence-electron chi connectivity index (χ1n) is 7.48. The predicted molar refractivity (Wildman–Crippen MR) is 82.8 cm³/mol. The van der Waals surface area contributed by atoms with E-state index in [1.165, 1.54) is 6.07 Å². The fraction of sp³-hybridized carbons (Fsp3) is 0.600. The van der Waals surface area contributed by atoms with Gasteiger partial charge in [-0.2, -0.15) is 0 Å². The van der Waals surface area contributed by atoms with Crippen LogP contribution >= 0.6 is 0 Å². The molecule has 0 aliphatic carbocycles. The lowest BCUT2D eigenvalue weighted by Gasteiger charge is -2.23. The maximum atomic E-state index is 10.7. The van der Waals surface area contributed by atoms with Gasteiger partial charge in [0.25, 0.3) is 5.69 Å². The van der Waals surface area contributed by atoms with Crippen LogP contribution in [0.3, 0.4) is 0 Å². The van der Waals surface area contributed by atoms with Crippen molar-refractivity contribution in [1.82, 2.24) is 5.32 Å². The normalized spacial score (nSPS) is 15.9. The summed E-state index contributed by atoms with van der Waals surface area (Å²) >= 11 is 0. The number of aryl methyl sites for hydroxylation is 1. The van der Waals surface area contributed by atoms with Crippen LogP contribution < -0.4 is 10.6 Å². The molecule has 6 nitrogen and oxygen atoms in total. The summed E-state index contributed by atoms with van der Waals surface area (Å²) in [7, 11) is 0. The molecule has 1 aromatic rings. The zero-order valence-electron chi connectivity index (χ0n) is 12.4. The minimum atomic E-state index is -0.371. The molecule has 0 amide bonds. The number of rotatable bonds is 7. The number of anilines is 1. The summed E-state index contributed by atoms with van der Waals surface area (Å²) in [5.74, 6) is 0. The van der Waals surface area contributed by atoms with Gasteiger partial charge in [-0.05, 0) is 50.9 Å². The summed E-state index contributed by atoms with van der Waals surface area (Å²) in [4.78, 5) is 10.3. The molecule has 2 N–H and O–H groups in total. The Morgan fingerprint density at radius 3 is 2.86 bits per heavy atom. The van der Waals surface area contributed by atoms with Gasteiger partial charge in [0.2, 0.25) is 0 Å². The van der Waals surface area contributed by atoms with Crippen molar-refractivity contribution < 1.29 is 9.66 Å². The van der Waals surface area contributed by atoms with Crippen molar-refractivity contribution in [2.24, 2.45) is 0 Å². The standard InChI is InChI=1S/C15H23N3O3/c1-12-11-13(18(19)20)3-4-15(12)17-7-2-10-21-14-5-8-16-9-6-14/h3-4,11,14,16-17H,2,5-10H2,1H3. The average molecular weight is 293 g/mol. The van der Waals surface area contributed by atoms with E-state index in [0.717, 1.165) is 56.8 Å². The molecule has 0 atom stereocenters. The Bertz CT molecular complexity index is 473. The number of nitro benzene ring substituents is 1. The minimum Gasteiger partial charge on any atom is -0.385 e. The molecule has 116 valence electrons. The summed E-state index contributed by atoms with van der Waals surface area (Å²) in [6.45, 7) is 5.53. The third-order valence-electron chi connectivity index (χ3n) is 3.70. The van der Waals surface area contributed by atoms with Gasteiger partial charge in [-0.25, -0.2) is 0 Å². The number of hydrogen-bond acceptors (Lipinski definition) is 5. The van der Waals surface area contributed by atoms with Crippen LogP contribution in [-0.2, 0) is 4.74 Å². The van der Waals surface area contributed by atoms with Gasteiger partial charge in [0.15, 0.2) is 0 Å². The van der Waals surface area contributed by atoms with Crippen molar-refractivity contribution in [3.8, 4) is 0 Å². The van der Waals surface area contributed by atoms with Crippen LogP contribution in [0.5, 0.6) is 0 Å². The minimum absolute atomic E-state index is 0.132. The van der Waals surface area contributed by atoms with E-state index in [1.54, 1.807) is 12.1 Å². The largest absolute Gasteiger partial charge is 0.385 e. The maximum absolute atomic E-state index is 10.7. The van der Waals surface area contributed by atoms with Crippen molar-refractivity contribution in [1.29, 1.82) is 0 Å². The van der Waals surface area contributed by atoms with Crippen molar-refractivity contribution >= 4 is 11.4 Å². The van der Waals surface area contributed by atoms with E-state index in [-0.39, 0.29) is 10.6 Å². The van der Waals surface area contributed by atoms with Crippen LogP contribution in [0.2, 0.25) is 0 Å². The lowest BCUT2D eigenvalue weighted by molar-refractivity contribution is -0.384. The highest BCUT2D eigenvalue weighted by Crippen LogP contribution is 2.21. The summed E-state index contributed by atoms with van der Waals surface area (Å²) in [6.07, 6.45) is 3.51. The monoisotopic (exact) mass is 293 g/mol. The second kappa shape index (κ2) is 7.95. The highest BCUT2D eigenvalue weighted by Gasteiger charge is 2.12. The Morgan fingerprint density at radius 1 is 1.43 bits per heavy atom. The zero-order chi connectivity index (χ0) is 15.1. The van der Waals surface area contributed by atoms with Crippen LogP contribution in [0.1, 0.15) is 24.8 Å². The van der Waals surface area contributed by atoms with E-state index in [1.807, 2.05) is 6.92 Å². The molecule has 0 aromatic heterocycles. The highest BCUT2D eigenvalue weighted by atomic mass is 16.6. The van der Waals surface area contributed by atoms with Crippen LogP contribution in [-0.4, -0.2) is 37.3 Å². The number of ether oxygens (including phenoxy) is 1. The fourth-order valence-electron chi connectivity index (χ4n) is 2.47. The van der Waals surface area contributed by atoms with Crippen LogP contribution in [0, 0.1) is 17.0 Å². The van der Waals surface area contributed by atoms with Crippen molar-refractivity contribution in [3.63, 3.8) is 0 Å². The molecule has 1 heterocycles. The maximum Gasteiger partial charge on any atom is 0.269 e. The Morgan fingerprint density at radius 2 is 2.19 bits per heavy atom. The number of piperidine rings is 1. The third kappa shape index (κ3) is 4.99. The summed E-state index contributed by atoms with van der Waals surface area (Å²) in [5.41, 5.74) is 1.97. The predicted octanol–water partition coefficient (Wildman–Crippen LogP) is 2.47. The van der Waals surface area contributed by atoms with Gasteiger partial charge in [0.05, 0.1) is 11.0 Å². The van der Waals surface area contributed by atoms with Gasteiger partial charge in [-0.1, -0.05) is 0 Å². The van der Waals surface area contributed by atoms with Crippen molar-refractivity contribution in [2.45, 2.75) is 32.3 Å². The van der Waals surface area contributed by atoms with Crippen LogP contribution in [0.25, 0.3) is 0 Å². The highest BCUT2D eigenvalue weighted by molar-refractivity contribution is 5.55. The van der Waals surface area contributed by atoms with E-state index in [0.29, 0.717) is 6.10 Å². The van der Waals surface area contributed by atoms with Crippen LogP contribution in [0.4, 0.5) is 11.4 Å². The van der Waals surface area contributed by atoms with Crippen molar-refractivity contribution in [3.05, 3.63) is 33.9 Å². The Hall–Kier alpha value is -1.66. The molecule has 0 spiro atoms. The van der Waals surface area contributed by atoms with Gasteiger partial charge in [-0.15, -0.1) is 0 Å². The molecule has 1 saturated heterocycles. The first kappa shape index (κ1) is 15.7. The molecule has 2 rings (SSSR count). The summed E-state index contributed by atoms with van der Waals surface area (Å²) < 4.78 is 5.83. The number of nitro groups is 1. The Labute approximate surface area is 125 Å². The van der Waals surface area contributed by atoms with Gasteiger partial charge in [0.1, 0.15) is 0 Å². The second-order valence-electron chi connectivity index (χ2n) is 5.36. The Kier molecular flexibility index (Phi) is 5.95. The molecular formula is C15H23N3O3. The number of benzene rings is 1. The van der Waals surface area contributed by atoms with E-state index in [2.05, 4.69) is 10.6 Å². The van der Waals surface area contributed by atoms with E-state index < -0.39 is 0 Å². The summed E-state index contributed by atoms with van der Waals surface area (Å²) in [5, 5.41) is 17.3. The van der Waals surface area contributed by atoms with E-state index in [4.69, 9.17) is 4.74 Å². The molecular weight excluding hydrogens is 270 g/mol. The Balaban J connectivity index is 1.67. The SMILES string of the molecule is Cc1cc([N+](=O)[O-])ccc1NCCCOC1CCNCC1. The van der Waals surface area contributed by atoms with Crippen molar-refractivity contribution in [2.75, 3.05) is 31.6 Å².